The number of benzene rings is 1. The Kier molecular flexibility index (Phi) is 5.37. The van der Waals surface area contributed by atoms with Crippen LogP contribution in [0.15, 0.2) is 18.2 Å². The molecule has 0 heterocycles. The summed E-state index contributed by atoms with van der Waals surface area (Å²) in [7, 11) is 0. The highest BCUT2D eigenvalue weighted by molar-refractivity contribution is 5.37. The molecule has 0 spiro atoms. The van der Waals surface area contributed by atoms with Crippen molar-refractivity contribution in [1.29, 1.82) is 0 Å². The summed E-state index contributed by atoms with van der Waals surface area (Å²) >= 11 is 0. The standard InChI is InChI=1S/C15H24O/c1-4-5-6-7-8-13(3)14-10-9-12(2)11-15(14)16/h9-11,13,16H,4-8H2,1-3H3. The number of aromatic hydroxyl groups is 1. The van der Waals surface area contributed by atoms with Crippen molar-refractivity contribution in [2.24, 2.45) is 0 Å². The third-order valence-electron chi connectivity index (χ3n) is 3.21. The van der Waals surface area contributed by atoms with Crippen molar-refractivity contribution in [3.63, 3.8) is 0 Å². The largest absolute Gasteiger partial charge is 0.508 e. The van der Waals surface area contributed by atoms with E-state index in [0.717, 1.165) is 11.1 Å². The summed E-state index contributed by atoms with van der Waals surface area (Å²) in [6.45, 7) is 6.45. The molecule has 0 bridgehead atoms. The minimum atomic E-state index is 0.461. The maximum absolute atomic E-state index is 9.86. The second-order valence-electron chi connectivity index (χ2n) is 4.81. The van der Waals surface area contributed by atoms with Gasteiger partial charge in [-0.15, -0.1) is 0 Å². The van der Waals surface area contributed by atoms with Gasteiger partial charge < -0.3 is 5.11 Å². The van der Waals surface area contributed by atoms with Crippen LogP contribution in [0.1, 0.15) is 63.0 Å². The van der Waals surface area contributed by atoms with Gasteiger partial charge in [0.15, 0.2) is 0 Å². The van der Waals surface area contributed by atoms with Crippen LogP contribution in [0.4, 0.5) is 0 Å². The lowest BCUT2D eigenvalue weighted by Crippen LogP contribution is -1.94. The van der Waals surface area contributed by atoms with Crippen molar-refractivity contribution in [2.75, 3.05) is 0 Å². The molecule has 0 aliphatic heterocycles. The van der Waals surface area contributed by atoms with Gasteiger partial charge in [0.05, 0.1) is 0 Å². The SMILES string of the molecule is CCCCCCC(C)c1ccc(C)cc1O. The lowest BCUT2D eigenvalue weighted by atomic mass is 9.93. The summed E-state index contributed by atoms with van der Waals surface area (Å²) in [5.41, 5.74) is 2.22. The molecule has 0 saturated heterocycles. The average Bonchev–Trinajstić information content (AvgIpc) is 2.24. The number of phenolic OH excluding ortho intramolecular Hbond substituents is 1. The summed E-state index contributed by atoms with van der Waals surface area (Å²) in [6.07, 6.45) is 6.36. The van der Waals surface area contributed by atoms with Gasteiger partial charge in [-0.25, -0.2) is 0 Å². The van der Waals surface area contributed by atoms with E-state index in [9.17, 15) is 5.11 Å². The number of unbranched alkanes of at least 4 members (excludes halogenated alkanes) is 3. The first-order chi connectivity index (χ1) is 7.65. The maximum atomic E-state index is 9.86. The van der Waals surface area contributed by atoms with E-state index < -0.39 is 0 Å². The minimum Gasteiger partial charge on any atom is -0.508 e. The van der Waals surface area contributed by atoms with E-state index in [1.165, 1.54) is 32.1 Å². The summed E-state index contributed by atoms with van der Waals surface area (Å²) in [5, 5.41) is 9.86. The van der Waals surface area contributed by atoms with Crippen LogP contribution < -0.4 is 0 Å². The number of hydrogen-bond acceptors (Lipinski definition) is 1. The molecule has 1 aromatic carbocycles. The van der Waals surface area contributed by atoms with Gasteiger partial charge in [0.1, 0.15) is 5.75 Å². The first-order valence-electron chi connectivity index (χ1n) is 6.44. The highest BCUT2D eigenvalue weighted by Gasteiger charge is 2.09. The number of hydrogen-bond donors (Lipinski definition) is 1. The van der Waals surface area contributed by atoms with Crippen molar-refractivity contribution in [3.8, 4) is 5.75 Å². The van der Waals surface area contributed by atoms with E-state index in [0.29, 0.717) is 11.7 Å². The molecule has 0 aliphatic carbocycles. The predicted octanol–water partition coefficient (Wildman–Crippen LogP) is 4.77. The number of rotatable bonds is 6. The Labute approximate surface area is 99.5 Å². The fourth-order valence-electron chi connectivity index (χ4n) is 2.10. The molecule has 0 fully saturated rings. The average molecular weight is 220 g/mol. The van der Waals surface area contributed by atoms with Crippen molar-refractivity contribution in [1.82, 2.24) is 0 Å². The first-order valence-corrected chi connectivity index (χ1v) is 6.44. The molecule has 1 atom stereocenters. The third kappa shape index (κ3) is 3.88. The molecule has 1 nitrogen and oxygen atoms in total. The van der Waals surface area contributed by atoms with E-state index in [1.54, 1.807) is 0 Å². The summed E-state index contributed by atoms with van der Waals surface area (Å²) in [6, 6.07) is 6.00. The van der Waals surface area contributed by atoms with Crippen LogP contribution in [0, 0.1) is 6.92 Å². The second-order valence-corrected chi connectivity index (χ2v) is 4.81. The Morgan fingerprint density at radius 3 is 2.56 bits per heavy atom. The molecular formula is C15H24O. The zero-order valence-electron chi connectivity index (χ0n) is 10.8. The molecular weight excluding hydrogens is 196 g/mol. The van der Waals surface area contributed by atoms with Crippen molar-refractivity contribution >= 4 is 0 Å². The quantitative estimate of drug-likeness (QED) is 0.684. The van der Waals surface area contributed by atoms with Crippen LogP contribution in [-0.4, -0.2) is 5.11 Å². The van der Waals surface area contributed by atoms with Gasteiger partial charge in [0, 0.05) is 0 Å². The topological polar surface area (TPSA) is 20.2 Å². The van der Waals surface area contributed by atoms with Gasteiger partial charge in [-0.05, 0) is 36.5 Å². The molecule has 0 radical (unpaired) electrons. The van der Waals surface area contributed by atoms with Crippen LogP contribution in [0.25, 0.3) is 0 Å². The van der Waals surface area contributed by atoms with E-state index in [1.807, 2.05) is 13.0 Å². The normalized spacial score (nSPS) is 12.7. The van der Waals surface area contributed by atoms with Gasteiger partial charge in [-0.3, -0.25) is 0 Å². The fourth-order valence-corrected chi connectivity index (χ4v) is 2.10. The molecule has 1 aromatic rings. The first kappa shape index (κ1) is 13.1. The Balaban J connectivity index is 2.49. The monoisotopic (exact) mass is 220 g/mol. The van der Waals surface area contributed by atoms with E-state index in [4.69, 9.17) is 0 Å². The van der Waals surface area contributed by atoms with Gasteiger partial charge in [0.25, 0.3) is 0 Å². The van der Waals surface area contributed by atoms with E-state index >= 15 is 0 Å². The van der Waals surface area contributed by atoms with E-state index in [2.05, 4.69) is 26.0 Å². The number of phenols is 1. The molecule has 0 aliphatic rings. The molecule has 90 valence electrons. The lowest BCUT2D eigenvalue weighted by molar-refractivity contribution is 0.457. The maximum Gasteiger partial charge on any atom is 0.119 e. The lowest BCUT2D eigenvalue weighted by Gasteiger charge is -2.13. The van der Waals surface area contributed by atoms with Crippen LogP contribution in [0.2, 0.25) is 0 Å². The third-order valence-corrected chi connectivity index (χ3v) is 3.21. The molecule has 1 rings (SSSR count). The molecule has 16 heavy (non-hydrogen) atoms. The summed E-state index contributed by atoms with van der Waals surface area (Å²) in [5.74, 6) is 0.931. The second kappa shape index (κ2) is 6.57. The summed E-state index contributed by atoms with van der Waals surface area (Å²) < 4.78 is 0. The minimum absolute atomic E-state index is 0.461. The Morgan fingerprint density at radius 1 is 1.19 bits per heavy atom. The highest BCUT2D eigenvalue weighted by Crippen LogP contribution is 2.30. The van der Waals surface area contributed by atoms with Crippen LogP contribution in [0.5, 0.6) is 5.75 Å². The smallest absolute Gasteiger partial charge is 0.119 e. The Morgan fingerprint density at radius 2 is 1.94 bits per heavy atom. The molecule has 1 unspecified atom stereocenters. The zero-order chi connectivity index (χ0) is 12.0. The number of aryl methyl sites for hydroxylation is 1. The highest BCUT2D eigenvalue weighted by atomic mass is 16.3. The van der Waals surface area contributed by atoms with E-state index in [-0.39, 0.29) is 0 Å². The van der Waals surface area contributed by atoms with Gasteiger partial charge >= 0.3 is 0 Å². The van der Waals surface area contributed by atoms with Crippen molar-refractivity contribution < 1.29 is 5.11 Å². The summed E-state index contributed by atoms with van der Waals surface area (Å²) in [4.78, 5) is 0. The predicted molar refractivity (Wildman–Crippen MR) is 70.0 cm³/mol. The Bertz CT molecular complexity index is 317. The molecule has 0 aromatic heterocycles. The van der Waals surface area contributed by atoms with Crippen LogP contribution in [-0.2, 0) is 0 Å². The molecule has 0 amide bonds. The van der Waals surface area contributed by atoms with Crippen molar-refractivity contribution in [3.05, 3.63) is 29.3 Å². The fraction of sp³-hybridized carbons (Fsp3) is 0.600. The van der Waals surface area contributed by atoms with Crippen LogP contribution in [0.3, 0.4) is 0 Å². The van der Waals surface area contributed by atoms with Gasteiger partial charge in [-0.1, -0.05) is 51.7 Å². The zero-order valence-corrected chi connectivity index (χ0v) is 10.8. The molecule has 1 N–H and O–H groups in total. The molecule has 0 saturated carbocycles. The van der Waals surface area contributed by atoms with Crippen LogP contribution >= 0.6 is 0 Å². The van der Waals surface area contributed by atoms with Gasteiger partial charge in [-0.2, -0.15) is 0 Å². The molecule has 1 heteroatoms. The van der Waals surface area contributed by atoms with Gasteiger partial charge in [0.2, 0.25) is 0 Å². The van der Waals surface area contributed by atoms with Crippen molar-refractivity contribution in [2.45, 2.75) is 58.8 Å². The Hall–Kier alpha value is -0.980.